The summed E-state index contributed by atoms with van der Waals surface area (Å²) in [6.45, 7) is 2.85. The van der Waals surface area contributed by atoms with Crippen LogP contribution in [-0.2, 0) is 11.3 Å². The van der Waals surface area contributed by atoms with Crippen LogP contribution in [0.3, 0.4) is 0 Å². The van der Waals surface area contributed by atoms with Crippen LogP contribution in [0, 0.1) is 0 Å². The number of H-pyrrole nitrogens is 1. The van der Waals surface area contributed by atoms with Crippen LogP contribution in [0.2, 0.25) is 0 Å². The van der Waals surface area contributed by atoms with Crippen molar-refractivity contribution < 1.29 is 14.6 Å². The zero-order valence-electron chi connectivity index (χ0n) is 21.2. The lowest BCUT2D eigenvalue weighted by molar-refractivity contribution is 0.0601. The van der Waals surface area contributed by atoms with Crippen molar-refractivity contribution in [2.45, 2.75) is 6.54 Å². The van der Waals surface area contributed by atoms with Crippen molar-refractivity contribution >= 4 is 28.3 Å². The Morgan fingerprint density at radius 3 is 2.33 bits per heavy atom. The molecule has 186 valence electrons. The average molecular weight is 485 g/mol. The minimum Gasteiger partial charge on any atom is -0.494 e. The number of carbonyl (C=O) groups is 1. The number of ether oxygens (including phenoxy) is 1. The molecule has 0 bridgehead atoms. The van der Waals surface area contributed by atoms with E-state index < -0.39 is 5.97 Å². The molecule has 0 saturated carbocycles. The van der Waals surface area contributed by atoms with Gasteiger partial charge in [0, 0.05) is 36.1 Å². The Kier molecular flexibility index (Phi) is 7.83. The zero-order valence-corrected chi connectivity index (χ0v) is 21.2. The first-order valence-electron chi connectivity index (χ1n) is 11.9. The van der Waals surface area contributed by atoms with Gasteiger partial charge in [-0.1, -0.05) is 48.5 Å². The first-order valence-corrected chi connectivity index (χ1v) is 11.9. The Bertz CT molecular complexity index is 1360. The van der Waals surface area contributed by atoms with Crippen molar-refractivity contribution in [2.75, 3.05) is 41.3 Å². The molecule has 7 nitrogen and oxygen atoms in total. The fourth-order valence-corrected chi connectivity index (χ4v) is 4.10. The summed E-state index contributed by atoms with van der Waals surface area (Å²) >= 11 is 0. The molecule has 0 amide bonds. The minimum absolute atomic E-state index is 0.00578. The smallest absolute Gasteiger partial charge is 0.337 e. The number of hydrogen-bond donors (Lipinski definition) is 2. The van der Waals surface area contributed by atoms with Gasteiger partial charge in [0.25, 0.3) is 0 Å². The first kappa shape index (κ1) is 25.2. The zero-order chi connectivity index (χ0) is 25.7. The molecule has 0 aliphatic rings. The van der Waals surface area contributed by atoms with Crippen molar-refractivity contribution in [1.29, 1.82) is 0 Å². The Balaban J connectivity index is 1.70. The number of rotatable bonds is 9. The van der Waals surface area contributed by atoms with Crippen LogP contribution in [0.15, 0.2) is 77.8 Å². The summed E-state index contributed by atoms with van der Waals surface area (Å²) in [7, 11) is 7.62. The number of aliphatic imine (C=N–C) groups is 1. The molecule has 4 aromatic rings. The van der Waals surface area contributed by atoms with Gasteiger partial charge in [-0.15, -0.1) is 0 Å². The van der Waals surface area contributed by atoms with Crippen molar-refractivity contribution in [3.63, 3.8) is 0 Å². The van der Waals surface area contributed by atoms with Gasteiger partial charge in [-0.05, 0) is 51.0 Å². The van der Waals surface area contributed by atoms with Gasteiger partial charge in [-0.2, -0.15) is 0 Å². The number of aromatic amines is 1. The van der Waals surface area contributed by atoms with E-state index in [-0.39, 0.29) is 5.88 Å². The molecule has 2 N–H and O–H groups in total. The number of nitrogens with zero attached hydrogens (tertiary/aromatic N) is 3. The van der Waals surface area contributed by atoms with Crippen LogP contribution in [-0.4, -0.2) is 72.9 Å². The van der Waals surface area contributed by atoms with E-state index in [0.29, 0.717) is 22.4 Å². The molecule has 7 heteroatoms. The van der Waals surface area contributed by atoms with Crippen molar-refractivity contribution in [2.24, 2.45) is 4.99 Å². The molecule has 0 spiro atoms. The molecule has 1 aromatic heterocycles. The minimum atomic E-state index is -0.433. The Hall–Kier alpha value is -3.94. The lowest BCUT2D eigenvalue weighted by Gasteiger charge is -2.19. The SMILES string of the molecule is COC(=O)c1ccc2c(C(=Nc3ccc(CN(C)CCN(C)C)cc3)c3ccccc3)c(O)[nH]c2c1. The predicted molar refractivity (Wildman–Crippen MR) is 144 cm³/mol. The van der Waals surface area contributed by atoms with Crippen molar-refractivity contribution in [3.05, 3.63) is 95.1 Å². The molecule has 0 aliphatic carbocycles. The molecule has 0 atom stereocenters. The van der Waals surface area contributed by atoms with Crippen LogP contribution in [0.4, 0.5) is 5.69 Å². The largest absolute Gasteiger partial charge is 0.494 e. The number of methoxy groups -OCH3 is 1. The normalized spacial score (nSPS) is 12.0. The fraction of sp³-hybridized carbons (Fsp3) is 0.241. The molecule has 1 heterocycles. The third kappa shape index (κ3) is 5.82. The highest BCUT2D eigenvalue weighted by Gasteiger charge is 2.20. The van der Waals surface area contributed by atoms with Gasteiger partial charge in [0.1, 0.15) is 0 Å². The molecule has 0 fully saturated rings. The molecule has 3 aromatic carbocycles. The molecular weight excluding hydrogens is 452 g/mol. The van der Waals surface area contributed by atoms with E-state index in [2.05, 4.69) is 48.1 Å². The topological polar surface area (TPSA) is 81.2 Å². The molecule has 0 aliphatic heterocycles. The van der Waals surface area contributed by atoms with Gasteiger partial charge in [0.15, 0.2) is 5.88 Å². The predicted octanol–water partition coefficient (Wildman–Crippen LogP) is 4.82. The summed E-state index contributed by atoms with van der Waals surface area (Å²) in [5.74, 6) is -0.439. The van der Waals surface area contributed by atoms with Crippen LogP contribution in [0.1, 0.15) is 27.0 Å². The standard InChI is InChI=1S/C29H32N4O3/c1-32(2)16-17-33(3)19-20-10-13-23(14-11-20)30-27(21-8-6-5-7-9-21)26-24-15-12-22(29(35)36-4)18-25(24)31-28(26)34/h5-15,18,31,34H,16-17,19H2,1-4H3. The number of benzene rings is 3. The number of fused-ring (bicyclic) bond motifs is 1. The number of esters is 1. The molecule has 0 radical (unpaired) electrons. The summed E-state index contributed by atoms with van der Waals surface area (Å²) in [4.78, 5) is 24.4. The highest BCUT2D eigenvalue weighted by Crippen LogP contribution is 2.32. The summed E-state index contributed by atoms with van der Waals surface area (Å²) in [5.41, 5.74) is 5.13. The second-order valence-corrected chi connectivity index (χ2v) is 9.13. The van der Waals surface area contributed by atoms with Crippen molar-refractivity contribution in [3.8, 4) is 5.88 Å². The third-order valence-electron chi connectivity index (χ3n) is 6.04. The summed E-state index contributed by atoms with van der Waals surface area (Å²) in [6.07, 6.45) is 0. The van der Waals surface area contributed by atoms with Crippen LogP contribution < -0.4 is 0 Å². The maximum atomic E-state index is 12.0. The third-order valence-corrected chi connectivity index (χ3v) is 6.04. The highest BCUT2D eigenvalue weighted by molar-refractivity contribution is 6.22. The van der Waals surface area contributed by atoms with E-state index in [1.807, 2.05) is 42.5 Å². The molecule has 0 unspecified atom stereocenters. The Morgan fingerprint density at radius 2 is 1.67 bits per heavy atom. The molecule has 4 rings (SSSR count). The van der Waals surface area contributed by atoms with E-state index in [1.54, 1.807) is 18.2 Å². The maximum absolute atomic E-state index is 12.0. The van der Waals surface area contributed by atoms with E-state index in [0.717, 1.165) is 36.3 Å². The van der Waals surface area contributed by atoms with Crippen LogP contribution >= 0.6 is 0 Å². The summed E-state index contributed by atoms with van der Waals surface area (Å²) in [6, 6.07) is 23.1. The first-order chi connectivity index (χ1) is 17.4. The number of aromatic nitrogens is 1. The van der Waals surface area contributed by atoms with Gasteiger partial charge in [-0.25, -0.2) is 9.79 Å². The van der Waals surface area contributed by atoms with E-state index in [1.165, 1.54) is 12.7 Å². The van der Waals surface area contributed by atoms with Crippen LogP contribution in [0.5, 0.6) is 5.88 Å². The van der Waals surface area contributed by atoms with Gasteiger partial charge in [-0.3, -0.25) is 0 Å². The molecular formula is C29H32N4O3. The number of hydrogen-bond acceptors (Lipinski definition) is 6. The number of likely N-dealkylation sites (N-methyl/N-ethyl adjacent to an activating group) is 2. The summed E-state index contributed by atoms with van der Waals surface area (Å²) in [5, 5.41) is 11.7. The maximum Gasteiger partial charge on any atom is 0.337 e. The highest BCUT2D eigenvalue weighted by atomic mass is 16.5. The second kappa shape index (κ2) is 11.2. The monoisotopic (exact) mass is 484 g/mol. The van der Waals surface area contributed by atoms with Gasteiger partial charge >= 0.3 is 5.97 Å². The number of carbonyl (C=O) groups excluding carboxylic acids is 1. The van der Waals surface area contributed by atoms with Gasteiger partial charge < -0.3 is 24.6 Å². The van der Waals surface area contributed by atoms with Crippen LogP contribution in [0.25, 0.3) is 10.9 Å². The van der Waals surface area contributed by atoms with E-state index >= 15 is 0 Å². The molecule has 0 saturated heterocycles. The molecule has 36 heavy (non-hydrogen) atoms. The Morgan fingerprint density at radius 1 is 0.944 bits per heavy atom. The van der Waals surface area contributed by atoms with Gasteiger partial charge in [0.05, 0.1) is 29.6 Å². The Labute approximate surface area is 211 Å². The van der Waals surface area contributed by atoms with Crippen molar-refractivity contribution in [1.82, 2.24) is 14.8 Å². The fourth-order valence-electron chi connectivity index (χ4n) is 4.10. The second-order valence-electron chi connectivity index (χ2n) is 9.13. The quantitative estimate of drug-likeness (QED) is 0.263. The summed E-state index contributed by atoms with van der Waals surface area (Å²) < 4.78 is 4.83. The lowest BCUT2D eigenvalue weighted by atomic mass is 10.00. The number of aromatic hydroxyl groups is 1. The number of nitrogens with one attached hydrogen (secondary N) is 1. The average Bonchev–Trinajstić information content (AvgIpc) is 3.21. The van der Waals surface area contributed by atoms with E-state index in [4.69, 9.17) is 9.73 Å². The lowest BCUT2D eigenvalue weighted by Crippen LogP contribution is -2.28. The van der Waals surface area contributed by atoms with E-state index in [9.17, 15) is 9.90 Å². The van der Waals surface area contributed by atoms with Gasteiger partial charge in [0.2, 0.25) is 0 Å².